The lowest BCUT2D eigenvalue weighted by atomic mass is 9.77. The molecule has 1 atom stereocenters. The second-order valence-corrected chi connectivity index (χ2v) is 6.36. The van der Waals surface area contributed by atoms with E-state index in [1.54, 1.807) is 13.2 Å². The van der Waals surface area contributed by atoms with Crippen molar-refractivity contribution in [1.29, 1.82) is 0 Å². The van der Waals surface area contributed by atoms with Gasteiger partial charge in [-0.2, -0.15) is 0 Å². The molecule has 1 unspecified atom stereocenters. The third-order valence-electron chi connectivity index (χ3n) is 4.37. The van der Waals surface area contributed by atoms with Gasteiger partial charge in [-0.05, 0) is 52.9 Å². The second kappa shape index (κ2) is 6.98. The molecule has 0 bridgehead atoms. The molecule has 2 rings (SSSR count). The summed E-state index contributed by atoms with van der Waals surface area (Å²) in [6.45, 7) is 0. The summed E-state index contributed by atoms with van der Waals surface area (Å²) in [4.78, 5) is 0. The fourth-order valence-electron chi connectivity index (χ4n) is 3.14. The minimum Gasteiger partial charge on any atom is -0.377 e. The Labute approximate surface area is 128 Å². The second-order valence-electron chi connectivity index (χ2n) is 5.50. The minimum atomic E-state index is -0.245. The van der Waals surface area contributed by atoms with Gasteiger partial charge in [0.05, 0.1) is 16.1 Å². The molecular weight excluding hydrogens is 323 g/mol. The summed E-state index contributed by atoms with van der Waals surface area (Å²) in [5.74, 6) is 5.52. The lowest BCUT2D eigenvalue weighted by molar-refractivity contribution is -0.0673. The molecule has 3 nitrogen and oxygen atoms in total. The summed E-state index contributed by atoms with van der Waals surface area (Å²) in [6, 6.07) is 5.13. The van der Waals surface area contributed by atoms with Crippen LogP contribution in [0.5, 0.6) is 0 Å². The summed E-state index contributed by atoms with van der Waals surface area (Å²) in [5, 5.41) is 0. The number of hydrogen-bond acceptors (Lipinski definition) is 3. The van der Waals surface area contributed by atoms with Crippen LogP contribution < -0.4 is 11.3 Å². The van der Waals surface area contributed by atoms with E-state index in [-0.39, 0.29) is 17.5 Å². The Morgan fingerprint density at radius 3 is 2.65 bits per heavy atom. The Kier molecular flexibility index (Phi) is 5.55. The number of hydrazine groups is 1. The highest BCUT2D eigenvalue weighted by atomic mass is 79.9. The molecule has 0 aliphatic heterocycles. The summed E-state index contributed by atoms with van der Waals surface area (Å²) >= 11 is 3.23. The zero-order valence-corrected chi connectivity index (χ0v) is 13.4. The van der Waals surface area contributed by atoms with Crippen LogP contribution in [0.15, 0.2) is 22.7 Å². The predicted octanol–water partition coefficient (Wildman–Crippen LogP) is 3.31. The highest BCUT2D eigenvalue weighted by molar-refractivity contribution is 9.10. The van der Waals surface area contributed by atoms with Crippen LogP contribution >= 0.6 is 15.9 Å². The quantitative estimate of drug-likeness (QED) is 0.636. The van der Waals surface area contributed by atoms with E-state index in [1.807, 2.05) is 6.07 Å². The molecule has 112 valence electrons. The smallest absolute Gasteiger partial charge is 0.137 e. The normalized spacial score (nSPS) is 19.8. The predicted molar refractivity (Wildman–Crippen MR) is 81.7 cm³/mol. The Balaban J connectivity index is 2.16. The number of hydrogen-bond donors (Lipinski definition) is 2. The molecule has 1 aromatic rings. The van der Waals surface area contributed by atoms with Gasteiger partial charge in [-0.25, -0.2) is 4.39 Å². The van der Waals surface area contributed by atoms with Crippen LogP contribution in [0.1, 0.15) is 37.7 Å². The molecule has 1 aliphatic rings. The summed E-state index contributed by atoms with van der Waals surface area (Å²) in [5.41, 5.74) is 3.74. The molecule has 0 heterocycles. The Hall–Kier alpha value is -0.490. The SMILES string of the molecule is COC1(C(Cc2ccc(F)c(Br)c2)NN)CCCCC1. The van der Waals surface area contributed by atoms with Gasteiger partial charge in [0, 0.05) is 7.11 Å². The van der Waals surface area contributed by atoms with Crippen molar-refractivity contribution in [3.8, 4) is 0 Å². The molecule has 1 fully saturated rings. The average Bonchev–Trinajstić information content (AvgIpc) is 2.49. The van der Waals surface area contributed by atoms with Crippen LogP contribution in [-0.4, -0.2) is 18.8 Å². The van der Waals surface area contributed by atoms with E-state index in [0.717, 1.165) is 24.8 Å². The van der Waals surface area contributed by atoms with Gasteiger partial charge in [0.1, 0.15) is 5.82 Å². The topological polar surface area (TPSA) is 47.3 Å². The van der Waals surface area contributed by atoms with Crippen molar-refractivity contribution in [2.24, 2.45) is 5.84 Å². The lowest BCUT2D eigenvalue weighted by Crippen LogP contribution is -2.56. The van der Waals surface area contributed by atoms with Crippen LogP contribution in [0.4, 0.5) is 4.39 Å². The van der Waals surface area contributed by atoms with Crippen molar-refractivity contribution in [3.05, 3.63) is 34.1 Å². The van der Waals surface area contributed by atoms with E-state index in [0.29, 0.717) is 4.47 Å². The Morgan fingerprint density at radius 2 is 2.10 bits per heavy atom. The summed E-state index contributed by atoms with van der Waals surface area (Å²) in [7, 11) is 1.76. The van der Waals surface area contributed by atoms with Gasteiger partial charge in [-0.3, -0.25) is 11.3 Å². The molecule has 1 aliphatic carbocycles. The van der Waals surface area contributed by atoms with Crippen molar-refractivity contribution < 1.29 is 9.13 Å². The van der Waals surface area contributed by atoms with Crippen LogP contribution in [0.2, 0.25) is 0 Å². The van der Waals surface area contributed by atoms with Gasteiger partial charge in [0.25, 0.3) is 0 Å². The Bertz CT molecular complexity index is 449. The molecule has 0 radical (unpaired) electrons. The largest absolute Gasteiger partial charge is 0.377 e. The molecule has 1 saturated carbocycles. The van der Waals surface area contributed by atoms with Crippen LogP contribution in [0, 0.1) is 5.82 Å². The van der Waals surface area contributed by atoms with E-state index in [1.165, 1.54) is 25.3 Å². The standard InChI is InChI=1S/C15H22BrFN2O/c1-20-15(7-3-2-4-8-15)14(19-18)10-11-5-6-13(17)12(16)9-11/h5-6,9,14,19H,2-4,7-8,10,18H2,1H3. The molecular formula is C15H22BrFN2O. The van der Waals surface area contributed by atoms with Crippen LogP contribution in [-0.2, 0) is 11.2 Å². The number of benzene rings is 1. The number of halogens is 2. The zero-order chi connectivity index (χ0) is 14.6. The van der Waals surface area contributed by atoms with Crippen LogP contribution in [0.25, 0.3) is 0 Å². The van der Waals surface area contributed by atoms with Gasteiger partial charge in [-0.1, -0.05) is 25.3 Å². The number of nitrogens with one attached hydrogen (secondary N) is 1. The molecule has 0 aromatic heterocycles. The Morgan fingerprint density at radius 1 is 1.40 bits per heavy atom. The zero-order valence-electron chi connectivity index (χ0n) is 11.8. The maximum atomic E-state index is 13.3. The van der Waals surface area contributed by atoms with Gasteiger partial charge < -0.3 is 4.74 Å². The highest BCUT2D eigenvalue weighted by Crippen LogP contribution is 2.35. The van der Waals surface area contributed by atoms with E-state index in [9.17, 15) is 4.39 Å². The molecule has 0 spiro atoms. The molecule has 0 saturated heterocycles. The molecule has 5 heteroatoms. The van der Waals surface area contributed by atoms with Gasteiger partial charge >= 0.3 is 0 Å². The first-order valence-electron chi connectivity index (χ1n) is 7.06. The molecule has 3 N–H and O–H groups in total. The number of nitrogens with two attached hydrogens (primary N) is 1. The first-order valence-corrected chi connectivity index (χ1v) is 7.86. The van der Waals surface area contributed by atoms with E-state index in [2.05, 4.69) is 21.4 Å². The van der Waals surface area contributed by atoms with E-state index in [4.69, 9.17) is 10.6 Å². The molecule has 20 heavy (non-hydrogen) atoms. The van der Waals surface area contributed by atoms with Gasteiger partial charge in [-0.15, -0.1) is 0 Å². The number of methoxy groups -OCH3 is 1. The fourth-order valence-corrected chi connectivity index (χ4v) is 3.57. The molecule has 0 amide bonds. The highest BCUT2D eigenvalue weighted by Gasteiger charge is 2.39. The number of rotatable bonds is 5. The van der Waals surface area contributed by atoms with Crippen molar-refractivity contribution in [3.63, 3.8) is 0 Å². The first-order chi connectivity index (χ1) is 9.61. The van der Waals surface area contributed by atoms with Crippen LogP contribution in [0.3, 0.4) is 0 Å². The monoisotopic (exact) mass is 344 g/mol. The van der Waals surface area contributed by atoms with E-state index < -0.39 is 0 Å². The third-order valence-corrected chi connectivity index (χ3v) is 4.97. The summed E-state index contributed by atoms with van der Waals surface area (Å²) in [6.07, 6.45) is 6.34. The average molecular weight is 345 g/mol. The van der Waals surface area contributed by atoms with E-state index >= 15 is 0 Å². The molecule has 1 aromatic carbocycles. The lowest BCUT2D eigenvalue weighted by Gasteiger charge is -2.42. The van der Waals surface area contributed by atoms with Crippen molar-refractivity contribution >= 4 is 15.9 Å². The number of ether oxygens (including phenoxy) is 1. The van der Waals surface area contributed by atoms with Gasteiger partial charge in [0.15, 0.2) is 0 Å². The van der Waals surface area contributed by atoms with Crippen molar-refractivity contribution in [2.75, 3.05) is 7.11 Å². The fraction of sp³-hybridized carbons (Fsp3) is 0.600. The third kappa shape index (κ3) is 3.39. The minimum absolute atomic E-state index is 0.0326. The maximum absolute atomic E-state index is 13.3. The van der Waals surface area contributed by atoms with Crippen molar-refractivity contribution in [1.82, 2.24) is 5.43 Å². The first kappa shape index (κ1) is 15.9. The van der Waals surface area contributed by atoms with Gasteiger partial charge in [0.2, 0.25) is 0 Å². The summed E-state index contributed by atoms with van der Waals surface area (Å²) < 4.78 is 19.6. The van der Waals surface area contributed by atoms with Crippen molar-refractivity contribution in [2.45, 2.75) is 50.2 Å². The maximum Gasteiger partial charge on any atom is 0.137 e.